The van der Waals surface area contributed by atoms with Crippen molar-refractivity contribution >= 4 is 41.2 Å². The highest BCUT2D eigenvalue weighted by atomic mass is 32.2. The summed E-state index contributed by atoms with van der Waals surface area (Å²) < 4.78 is 10.0. The molecule has 3 aromatic carbocycles. The molecular weight excluding hydrogens is 566 g/mol. The lowest BCUT2D eigenvalue weighted by molar-refractivity contribution is -0.145. The molecule has 0 aliphatic rings. The Morgan fingerprint density at radius 2 is 1.44 bits per heavy atom. The number of carbonyl (C=O) groups excluding carboxylic acids is 4. The zero-order valence-corrected chi connectivity index (χ0v) is 25.4. The molecule has 2 atom stereocenters. The fourth-order valence-corrected chi connectivity index (χ4v) is 5.25. The van der Waals surface area contributed by atoms with Gasteiger partial charge in [0.2, 0.25) is 5.91 Å². The minimum absolute atomic E-state index is 0.0672. The van der Waals surface area contributed by atoms with E-state index in [-0.39, 0.29) is 38.4 Å². The van der Waals surface area contributed by atoms with Gasteiger partial charge in [0.05, 0.1) is 13.2 Å². The number of anilines is 1. The molecule has 0 aliphatic carbocycles. The van der Waals surface area contributed by atoms with E-state index in [1.54, 1.807) is 38.1 Å². The minimum Gasteiger partial charge on any atom is -0.465 e. The summed E-state index contributed by atoms with van der Waals surface area (Å²) in [6.07, 6.45) is -0.00367. The number of hydrogen-bond donors (Lipinski definition) is 2. The number of rotatable bonds is 16. The highest BCUT2D eigenvalue weighted by Crippen LogP contribution is 2.22. The maximum Gasteiger partial charge on any atom is 0.326 e. The summed E-state index contributed by atoms with van der Waals surface area (Å²) in [4.78, 5) is 52.5. The van der Waals surface area contributed by atoms with Gasteiger partial charge in [-0.15, -0.1) is 0 Å². The zero-order valence-electron chi connectivity index (χ0n) is 24.6. The van der Waals surface area contributed by atoms with Crippen LogP contribution in [0, 0.1) is 0 Å². The van der Waals surface area contributed by atoms with Crippen molar-refractivity contribution in [1.29, 1.82) is 0 Å². The van der Waals surface area contributed by atoms with Crippen molar-refractivity contribution < 1.29 is 28.7 Å². The molecule has 3 aromatic rings. The number of para-hydroxylation sites is 1. The second kappa shape index (κ2) is 17.7. The van der Waals surface area contributed by atoms with E-state index < -0.39 is 35.8 Å². The topological polar surface area (TPSA) is 128 Å². The lowest BCUT2D eigenvalue weighted by atomic mass is 10.0. The first-order valence-electron chi connectivity index (χ1n) is 14.3. The Bertz CT molecular complexity index is 1320. The van der Waals surface area contributed by atoms with E-state index in [2.05, 4.69) is 29.6 Å². The fourth-order valence-electron chi connectivity index (χ4n) is 4.24. The lowest BCUT2D eigenvalue weighted by Crippen LogP contribution is -2.52. The van der Waals surface area contributed by atoms with Crippen molar-refractivity contribution in [3.05, 3.63) is 90.5 Å². The molecule has 0 saturated heterocycles. The first-order chi connectivity index (χ1) is 20.8. The van der Waals surface area contributed by atoms with Crippen LogP contribution in [0.4, 0.5) is 5.69 Å². The molecule has 3 rings (SSSR count). The van der Waals surface area contributed by atoms with E-state index in [4.69, 9.17) is 15.2 Å². The third kappa shape index (κ3) is 10.9. The van der Waals surface area contributed by atoms with Gasteiger partial charge in [0.25, 0.3) is 5.91 Å². The van der Waals surface area contributed by atoms with Crippen LogP contribution in [0.15, 0.2) is 84.9 Å². The largest absolute Gasteiger partial charge is 0.465 e. The molecule has 43 heavy (non-hydrogen) atoms. The number of nitrogens with zero attached hydrogens (tertiary/aromatic N) is 1. The molecule has 228 valence electrons. The van der Waals surface area contributed by atoms with Gasteiger partial charge in [-0.25, -0.2) is 0 Å². The van der Waals surface area contributed by atoms with Crippen LogP contribution >= 0.6 is 11.8 Å². The van der Waals surface area contributed by atoms with Crippen molar-refractivity contribution in [3.8, 4) is 11.1 Å². The van der Waals surface area contributed by atoms with Gasteiger partial charge in [0.15, 0.2) is 0 Å². The molecule has 9 nitrogen and oxygen atoms in total. The Hall–Kier alpha value is -4.15. The van der Waals surface area contributed by atoms with Crippen LogP contribution in [0.5, 0.6) is 0 Å². The summed E-state index contributed by atoms with van der Waals surface area (Å²) in [5, 5.41) is 2.80. The van der Waals surface area contributed by atoms with E-state index in [9.17, 15) is 19.2 Å². The molecule has 0 heterocycles. The summed E-state index contributed by atoms with van der Waals surface area (Å²) >= 11 is 1.49. The summed E-state index contributed by atoms with van der Waals surface area (Å²) in [6.45, 7) is 3.44. The van der Waals surface area contributed by atoms with E-state index in [0.717, 1.165) is 16.7 Å². The van der Waals surface area contributed by atoms with Crippen molar-refractivity contribution in [2.45, 2.75) is 44.5 Å². The Balaban J connectivity index is 1.73. The van der Waals surface area contributed by atoms with Crippen LogP contribution in [-0.2, 0) is 34.4 Å². The lowest BCUT2D eigenvalue weighted by Gasteiger charge is -2.27. The Morgan fingerprint density at radius 3 is 2.07 bits per heavy atom. The molecule has 10 heteroatoms. The van der Waals surface area contributed by atoms with Crippen LogP contribution in [0.3, 0.4) is 0 Å². The van der Waals surface area contributed by atoms with E-state index in [1.807, 2.05) is 36.4 Å². The first kappa shape index (κ1) is 33.4. The number of nitrogens with two attached hydrogens (primary N) is 1. The van der Waals surface area contributed by atoms with E-state index in [1.165, 1.54) is 16.7 Å². The zero-order chi connectivity index (χ0) is 31.0. The minimum atomic E-state index is -0.949. The van der Waals surface area contributed by atoms with Crippen LogP contribution in [-0.4, -0.2) is 61.3 Å². The molecule has 0 bridgehead atoms. The number of thioether (sulfide) groups is 1. The average molecular weight is 606 g/mol. The smallest absolute Gasteiger partial charge is 0.326 e. The second-order valence-electron chi connectivity index (χ2n) is 9.66. The molecular formula is C33H39N3O6S. The molecule has 2 amide bonds. The van der Waals surface area contributed by atoms with Gasteiger partial charge in [-0.2, -0.15) is 11.8 Å². The number of benzene rings is 3. The third-order valence-corrected chi connectivity index (χ3v) is 7.55. The van der Waals surface area contributed by atoms with Gasteiger partial charge in [-0.3, -0.25) is 24.1 Å². The number of ether oxygens (including phenoxy) is 2. The fraction of sp³-hybridized carbons (Fsp3) is 0.333. The molecule has 0 saturated carbocycles. The number of carbonyl (C=O) groups is 4. The maximum atomic E-state index is 13.9. The number of amides is 2. The Labute approximate surface area is 257 Å². The molecule has 0 radical (unpaired) electrons. The molecule has 0 fully saturated rings. The average Bonchev–Trinajstić information content (AvgIpc) is 3.03. The van der Waals surface area contributed by atoms with E-state index in [0.29, 0.717) is 11.4 Å². The number of nitrogens with one attached hydrogen (secondary N) is 1. The summed E-state index contributed by atoms with van der Waals surface area (Å²) in [7, 11) is 0. The Kier molecular flexibility index (Phi) is 13.7. The monoisotopic (exact) mass is 605 g/mol. The van der Waals surface area contributed by atoms with Crippen LogP contribution in [0.25, 0.3) is 11.1 Å². The predicted octanol–water partition coefficient (Wildman–Crippen LogP) is 4.34. The molecule has 0 aliphatic heterocycles. The van der Waals surface area contributed by atoms with Crippen LogP contribution in [0.2, 0.25) is 0 Å². The molecule has 3 N–H and O–H groups in total. The van der Waals surface area contributed by atoms with Crippen LogP contribution in [0.1, 0.15) is 32.3 Å². The summed E-state index contributed by atoms with van der Waals surface area (Å²) in [5.74, 6) is -1.17. The van der Waals surface area contributed by atoms with Crippen molar-refractivity contribution in [2.24, 2.45) is 5.73 Å². The molecule has 0 spiro atoms. The standard InChI is InChI=1S/C33H39N3O6S/c1-3-41-31(38)21-36(27-13-9-6-10-14-27)32(39)29(35-30(37)20-19-28(34)33(40)42-4-2)23-43-22-24-15-17-26(18-16-24)25-11-7-5-8-12-25/h5-18,28-29H,3-4,19-23,34H2,1-2H3,(H,35,37)/t28-,29-/m0/s1. The predicted molar refractivity (Wildman–Crippen MR) is 169 cm³/mol. The molecule has 0 unspecified atom stereocenters. The van der Waals surface area contributed by atoms with E-state index >= 15 is 0 Å². The summed E-state index contributed by atoms with van der Waals surface area (Å²) in [6, 6.07) is 25.1. The normalized spacial score (nSPS) is 12.1. The van der Waals surface area contributed by atoms with Crippen molar-refractivity contribution in [3.63, 3.8) is 0 Å². The van der Waals surface area contributed by atoms with Gasteiger partial charge in [0.1, 0.15) is 18.6 Å². The quantitative estimate of drug-likeness (QED) is 0.231. The highest BCUT2D eigenvalue weighted by molar-refractivity contribution is 7.98. The number of esters is 2. The van der Waals surface area contributed by atoms with Crippen molar-refractivity contribution in [2.75, 3.05) is 30.4 Å². The highest BCUT2D eigenvalue weighted by Gasteiger charge is 2.29. The van der Waals surface area contributed by atoms with Gasteiger partial charge >= 0.3 is 11.9 Å². The van der Waals surface area contributed by atoms with Crippen LogP contribution < -0.4 is 16.0 Å². The number of hydrogen-bond acceptors (Lipinski definition) is 8. The van der Waals surface area contributed by atoms with Gasteiger partial charge < -0.3 is 20.5 Å². The van der Waals surface area contributed by atoms with Crippen molar-refractivity contribution in [1.82, 2.24) is 5.32 Å². The van der Waals surface area contributed by atoms with Gasteiger partial charge in [-0.05, 0) is 49.1 Å². The second-order valence-corrected chi connectivity index (χ2v) is 10.7. The van der Waals surface area contributed by atoms with Gasteiger partial charge in [0, 0.05) is 23.6 Å². The Morgan fingerprint density at radius 1 is 0.837 bits per heavy atom. The first-order valence-corrected chi connectivity index (χ1v) is 15.4. The van der Waals surface area contributed by atoms with Gasteiger partial charge in [-0.1, -0.05) is 72.8 Å². The third-order valence-electron chi connectivity index (χ3n) is 6.45. The molecule has 0 aromatic heterocycles. The SMILES string of the molecule is CCOC(=O)CN(C(=O)[C@H](CSCc1ccc(-c2ccccc2)cc1)NC(=O)CC[C@H](N)C(=O)OCC)c1ccccc1. The maximum absolute atomic E-state index is 13.9. The summed E-state index contributed by atoms with van der Waals surface area (Å²) in [5.41, 5.74) is 9.66.